The highest BCUT2D eigenvalue weighted by atomic mass is 16.6. The highest BCUT2D eigenvalue weighted by Crippen LogP contribution is 2.11. The molecule has 0 saturated carbocycles. The van der Waals surface area contributed by atoms with Crippen molar-refractivity contribution >= 4 is 11.8 Å². The molecule has 0 aromatic carbocycles. The van der Waals surface area contributed by atoms with E-state index in [0.29, 0.717) is 17.9 Å². The maximum atomic E-state index is 11.4. The molecule has 16 heavy (non-hydrogen) atoms. The number of anilines is 1. The smallest absolute Gasteiger partial charge is 0.412 e. The zero-order valence-corrected chi connectivity index (χ0v) is 9.78. The molecule has 1 rings (SSSR count). The minimum Gasteiger partial charge on any atom is -0.444 e. The summed E-state index contributed by atoms with van der Waals surface area (Å²) in [6, 6.07) is 3.40. The van der Waals surface area contributed by atoms with Crippen molar-refractivity contribution in [1.82, 2.24) is 4.98 Å². The first-order valence-electron chi connectivity index (χ1n) is 5.06. The van der Waals surface area contributed by atoms with Crippen LogP contribution in [0.2, 0.25) is 0 Å². The second-order valence-corrected chi connectivity index (χ2v) is 4.37. The molecule has 0 atom stereocenters. The third kappa shape index (κ3) is 4.27. The minimum atomic E-state index is -0.506. The molecule has 0 saturated heterocycles. The van der Waals surface area contributed by atoms with E-state index >= 15 is 0 Å². The molecule has 0 aliphatic heterocycles. The van der Waals surface area contributed by atoms with Gasteiger partial charge in [-0.15, -0.1) is 0 Å². The number of rotatable bonds is 2. The van der Waals surface area contributed by atoms with Crippen molar-refractivity contribution in [2.24, 2.45) is 5.73 Å². The Balaban J connectivity index is 2.62. The van der Waals surface area contributed by atoms with Gasteiger partial charge in [0.25, 0.3) is 0 Å². The Bertz CT molecular complexity index is 372. The van der Waals surface area contributed by atoms with Crippen molar-refractivity contribution in [2.45, 2.75) is 32.9 Å². The highest BCUT2D eigenvalue weighted by Gasteiger charge is 2.16. The fraction of sp³-hybridized carbons (Fsp3) is 0.455. The Morgan fingerprint density at radius 3 is 2.81 bits per heavy atom. The molecule has 0 aliphatic carbocycles. The van der Waals surface area contributed by atoms with E-state index in [1.54, 1.807) is 18.3 Å². The van der Waals surface area contributed by atoms with Gasteiger partial charge in [0.15, 0.2) is 0 Å². The molecular formula is C11H17N3O2. The molecule has 3 N–H and O–H groups in total. The van der Waals surface area contributed by atoms with Crippen LogP contribution in [0.25, 0.3) is 0 Å². The molecule has 88 valence electrons. The number of aromatic nitrogens is 1. The summed E-state index contributed by atoms with van der Waals surface area (Å²) >= 11 is 0. The van der Waals surface area contributed by atoms with Gasteiger partial charge >= 0.3 is 6.09 Å². The zero-order chi connectivity index (χ0) is 12.2. The van der Waals surface area contributed by atoms with Crippen molar-refractivity contribution in [3.8, 4) is 0 Å². The standard InChI is InChI=1S/C11H17N3O2/c1-11(2,3)16-10(15)14-8-4-5-13-9(6-8)7-12/h4-6H,7,12H2,1-3H3,(H,13,14,15). The Labute approximate surface area is 95.0 Å². The maximum Gasteiger partial charge on any atom is 0.412 e. The van der Waals surface area contributed by atoms with Crippen molar-refractivity contribution < 1.29 is 9.53 Å². The van der Waals surface area contributed by atoms with Crippen LogP contribution < -0.4 is 11.1 Å². The van der Waals surface area contributed by atoms with Gasteiger partial charge in [0.05, 0.1) is 5.69 Å². The first-order valence-corrected chi connectivity index (χ1v) is 5.06. The lowest BCUT2D eigenvalue weighted by Gasteiger charge is -2.19. The van der Waals surface area contributed by atoms with Crippen LogP contribution in [0.4, 0.5) is 10.5 Å². The van der Waals surface area contributed by atoms with E-state index in [1.165, 1.54) is 0 Å². The number of nitrogens with one attached hydrogen (secondary N) is 1. The van der Waals surface area contributed by atoms with Crippen LogP contribution in [-0.2, 0) is 11.3 Å². The maximum absolute atomic E-state index is 11.4. The van der Waals surface area contributed by atoms with E-state index in [2.05, 4.69) is 10.3 Å². The van der Waals surface area contributed by atoms with E-state index in [0.717, 1.165) is 0 Å². The number of ether oxygens (including phenoxy) is 1. The molecule has 1 aromatic heterocycles. The second kappa shape index (κ2) is 4.94. The largest absolute Gasteiger partial charge is 0.444 e. The number of carbonyl (C=O) groups is 1. The van der Waals surface area contributed by atoms with E-state index in [1.807, 2.05) is 20.8 Å². The SMILES string of the molecule is CC(C)(C)OC(=O)Nc1ccnc(CN)c1. The third-order valence-corrected chi connectivity index (χ3v) is 1.67. The van der Waals surface area contributed by atoms with Gasteiger partial charge < -0.3 is 10.5 Å². The van der Waals surface area contributed by atoms with E-state index < -0.39 is 11.7 Å². The van der Waals surface area contributed by atoms with Crippen LogP contribution in [0.3, 0.4) is 0 Å². The lowest BCUT2D eigenvalue weighted by Crippen LogP contribution is -2.27. The fourth-order valence-corrected chi connectivity index (χ4v) is 1.09. The number of pyridine rings is 1. The molecule has 5 heteroatoms. The average Bonchev–Trinajstić information content (AvgIpc) is 2.15. The lowest BCUT2D eigenvalue weighted by molar-refractivity contribution is 0.0636. The van der Waals surface area contributed by atoms with Gasteiger partial charge in [-0.3, -0.25) is 10.3 Å². The topological polar surface area (TPSA) is 77.2 Å². The fourth-order valence-electron chi connectivity index (χ4n) is 1.09. The van der Waals surface area contributed by atoms with E-state index in [9.17, 15) is 4.79 Å². The van der Waals surface area contributed by atoms with Crippen molar-refractivity contribution in [2.75, 3.05) is 5.32 Å². The van der Waals surface area contributed by atoms with Crippen molar-refractivity contribution in [3.05, 3.63) is 24.0 Å². The van der Waals surface area contributed by atoms with Crippen LogP contribution in [-0.4, -0.2) is 16.7 Å². The summed E-state index contributed by atoms with van der Waals surface area (Å²) < 4.78 is 5.11. The summed E-state index contributed by atoms with van der Waals surface area (Å²) in [4.78, 5) is 15.5. The molecule has 0 unspecified atom stereocenters. The van der Waals surface area contributed by atoms with Crippen LogP contribution in [0.5, 0.6) is 0 Å². The highest BCUT2D eigenvalue weighted by molar-refractivity contribution is 5.84. The molecule has 1 aromatic rings. The Hall–Kier alpha value is -1.62. The molecule has 0 fully saturated rings. The molecule has 0 spiro atoms. The minimum absolute atomic E-state index is 0.337. The van der Waals surface area contributed by atoms with Gasteiger partial charge in [-0.05, 0) is 32.9 Å². The van der Waals surface area contributed by atoms with Crippen LogP contribution >= 0.6 is 0 Å². The van der Waals surface area contributed by atoms with Crippen LogP contribution in [0, 0.1) is 0 Å². The molecule has 0 radical (unpaired) electrons. The molecule has 0 bridgehead atoms. The summed E-state index contributed by atoms with van der Waals surface area (Å²) in [5.74, 6) is 0. The molecule has 5 nitrogen and oxygen atoms in total. The Morgan fingerprint density at radius 2 is 2.25 bits per heavy atom. The number of amides is 1. The Morgan fingerprint density at radius 1 is 1.56 bits per heavy atom. The van der Waals surface area contributed by atoms with Crippen LogP contribution in [0.15, 0.2) is 18.3 Å². The number of hydrogen-bond donors (Lipinski definition) is 2. The Kier molecular flexibility index (Phi) is 3.84. The van der Waals surface area contributed by atoms with Gasteiger partial charge in [-0.1, -0.05) is 0 Å². The number of nitrogens with zero attached hydrogens (tertiary/aromatic N) is 1. The molecule has 1 amide bonds. The summed E-state index contributed by atoms with van der Waals surface area (Å²) in [7, 11) is 0. The number of hydrogen-bond acceptors (Lipinski definition) is 4. The summed E-state index contributed by atoms with van der Waals surface area (Å²) in [5.41, 5.74) is 6.28. The molecule has 1 heterocycles. The first-order chi connectivity index (χ1) is 7.40. The van der Waals surface area contributed by atoms with Gasteiger partial charge in [-0.25, -0.2) is 4.79 Å². The second-order valence-electron chi connectivity index (χ2n) is 4.37. The summed E-state index contributed by atoms with van der Waals surface area (Å²) in [6.45, 7) is 5.77. The van der Waals surface area contributed by atoms with Crippen LogP contribution in [0.1, 0.15) is 26.5 Å². The van der Waals surface area contributed by atoms with Gasteiger partial charge in [-0.2, -0.15) is 0 Å². The van der Waals surface area contributed by atoms with Crippen molar-refractivity contribution in [3.63, 3.8) is 0 Å². The van der Waals surface area contributed by atoms with Gasteiger partial charge in [0.1, 0.15) is 5.60 Å². The quantitative estimate of drug-likeness (QED) is 0.802. The van der Waals surface area contributed by atoms with Gasteiger partial charge in [0.2, 0.25) is 0 Å². The van der Waals surface area contributed by atoms with Crippen molar-refractivity contribution in [1.29, 1.82) is 0 Å². The van der Waals surface area contributed by atoms with Gasteiger partial charge in [0, 0.05) is 18.4 Å². The monoisotopic (exact) mass is 223 g/mol. The predicted molar refractivity (Wildman–Crippen MR) is 62.0 cm³/mol. The first kappa shape index (κ1) is 12.4. The van der Waals surface area contributed by atoms with E-state index in [4.69, 9.17) is 10.5 Å². The normalized spacial score (nSPS) is 11.0. The zero-order valence-electron chi connectivity index (χ0n) is 9.78. The number of carbonyl (C=O) groups excluding carboxylic acids is 1. The third-order valence-electron chi connectivity index (χ3n) is 1.67. The summed E-state index contributed by atoms with van der Waals surface area (Å²) in [5, 5.41) is 2.62. The lowest BCUT2D eigenvalue weighted by atomic mass is 10.2. The number of nitrogens with two attached hydrogens (primary N) is 1. The summed E-state index contributed by atoms with van der Waals surface area (Å²) in [6.07, 6.45) is 1.11. The van der Waals surface area contributed by atoms with E-state index in [-0.39, 0.29) is 0 Å². The molecule has 0 aliphatic rings. The predicted octanol–water partition coefficient (Wildman–Crippen LogP) is 1.89. The molecular weight excluding hydrogens is 206 g/mol. The average molecular weight is 223 g/mol.